The van der Waals surface area contributed by atoms with E-state index in [4.69, 9.17) is 4.42 Å². The molecule has 7 heteroatoms. The summed E-state index contributed by atoms with van der Waals surface area (Å²) in [6, 6.07) is 5.09. The molecule has 20 heavy (non-hydrogen) atoms. The van der Waals surface area contributed by atoms with Gasteiger partial charge < -0.3 is 9.52 Å². The lowest BCUT2D eigenvalue weighted by Crippen LogP contribution is -2.25. The van der Waals surface area contributed by atoms with Gasteiger partial charge in [-0.2, -0.15) is 0 Å². The van der Waals surface area contributed by atoms with E-state index in [1.807, 2.05) is 13.0 Å². The van der Waals surface area contributed by atoms with Gasteiger partial charge in [0, 0.05) is 17.0 Å². The van der Waals surface area contributed by atoms with Crippen LogP contribution in [0.15, 0.2) is 39.4 Å². The van der Waals surface area contributed by atoms with Gasteiger partial charge in [0.1, 0.15) is 4.21 Å². The number of aryl methyl sites for hydroxylation is 1. The first-order valence-electron chi connectivity index (χ1n) is 6.31. The summed E-state index contributed by atoms with van der Waals surface area (Å²) < 4.78 is 31.7. The molecule has 2 N–H and O–H groups in total. The second kappa shape index (κ2) is 6.53. The van der Waals surface area contributed by atoms with E-state index in [0.29, 0.717) is 16.2 Å². The van der Waals surface area contributed by atoms with E-state index in [1.165, 1.54) is 23.9 Å². The Morgan fingerprint density at radius 2 is 2.20 bits per heavy atom. The fourth-order valence-corrected chi connectivity index (χ4v) is 4.11. The van der Waals surface area contributed by atoms with Gasteiger partial charge in [0.25, 0.3) is 0 Å². The van der Waals surface area contributed by atoms with Gasteiger partial charge >= 0.3 is 0 Å². The number of hydrogen-bond donors (Lipinski definition) is 2. The molecule has 5 nitrogen and oxygen atoms in total. The number of nitrogens with one attached hydrogen (secondary N) is 1. The molecule has 0 spiro atoms. The highest BCUT2D eigenvalue weighted by Crippen LogP contribution is 2.22. The SMILES string of the molecule is CCc1ccc(S(=O)(=O)NCC[C@@H](O)c2ccoc2)s1. The smallest absolute Gasteiger partial charge is 0.250 e. The molecule has 0 aromatic carbocycles. The molecule has 0 amide bonds. The van der Waals surface area contributed by atoms with E-state index < -0.39 is 16.1 Å². The van der Waals surface area contributed by atoms with Crippen LogP contribution in [0, 0.1) is 0 Å². The van der Waals surface area contributed by atoms with Crippen molar-refractivity contribution in [1.29, 1.82) is 0 Å². The highest BCUT2D eigenvalue weighted by Gasteiger charge is 2.17. The van der Waals surface area contributed by atoms with Crippen molar-refractivity contribution in [2.24, 2.45) is 0 Å². The van der Waals surface area contributed by atoms with E-state index in [0.717, 1.165) is 11.3 Å². The Bertz CT molecular complexity index is 631. The van der Waals surface area contributed by atoms with E-state index in [1.54, 1.807) is 12.1 Å². The predicted molar refractivity (Wildman–Crippen MR) is 77.2 cm³/mol. The largest absolute Gasteiger partial charge is 0.472 e. The molecular weight excluding hydrogens is 298 g/mol. The van der Waals surface area contributed by atoms with Crippen LogP contribution in [0.4, 0.5) is 0 Å². The zero-order valence-electron chi connectivity index (χ0n) is 11.1. The molecule has 1 atom stereocenters. The van der Waals surface area contributed by atoms with Crippen molar-refractivity contribution in [3.8, 4) is 0 Å². The highest BCUT2D eigenvalue weighted by molar-refractivity contribution is 7.91. The maximum absolute atomic E-state index is 12.0. The molecule has 2 aromatic rings. The van der Waals surface area contributed by atoms with Crippen LogP contribution in [0.1, 0.15) is 29.9 Å². The van der Waals surface area contributed by atoms with Gasteiger partial charge in [-0.25, -0.2) is 13.1 Å². The van der Waals surface area contributed by atoms with E-state index in [2.05, 4.69) is 4.72 Å². The van der Waals surface area contributed by atoms with Crippen molar-refractivity contribution in [3.05, 3.63) is 41.2 Å². The standard InChI is InChI=1S/C13H17NO4S2/c1-2-11-3-4-13(19-11)20(16,17)14-7-5-12(15)10-6-8-18-9-10/h3-4,6,8-9,12,14-15H,2,5,7H2,1H3/t12-/m1/s1. The average molecular weight is 315 g/mol. The Labute approximate surface area is 122 Å². The molecule has 0 bridgehead atoms. The van der Waals surface area contributed by atoms with Crippen LogP contribution >= 0.6 is 11.3 Å². The molecule has 0 aliphatic rings. The van der Waals surface area contributed by atoms with Gasteiger partial charge in [0.05, 0.1) is 18.6 Å². The summed E-state index contributed by atoms with van der Waals surface area (Å²) in [5.74, 6) is 0. The summed E-state index contributed by atoms with van der Waals surface area (Å²) in [6.45, 7) is 2.16. The predicted octanol–water partition coefficient (Wildman–Crippen LogP) is 2.31. The van der Waals surface area contributed by atoms with Gasteiger partial charge in [-0.15, -0.1) is 11.3 Å². The minimum atomic E-state index is -3.48. The summed E-state index contributed by atoms with van der Waals surface area (Å²) in [5, 5.41) is 9.83. The first kappa shape index (κ1) is 15.2. The van der Waals surface area contributed by atoms with Gasteiger partial charge in [0.2, 0.25) is 10.0 Å². The molecule has 0 aliphatic heterocycles. The number of rotatable bonds is 7. The molecule has 110 valence electrons. The van der Waals surface area contributed by atoms with Crippen LogP contribution in [0.2, 0.25) is 0 Å². The molecule has 2 heterocycles. The Morgan fingerprint density at radius 3 is 2.80 bits per heavy atom. The second-order valence-electron chi connectivity index (χ2n) is 4.33. The summed E-state index contributed by atoms with van der Waals surface area (Å²) in [7, 11) is -3.48. The molecule has 0 aliphatic carbocycles. The van der Waals surface area contributed by atoms with Crippen LogP contribution in [-0.4, -0.2) is 20.1 Å². The highest BCUT2D eigenvalue weighted by atomic mass is 32.2. The van der Waals surface area contributed by atoms with E-state index >= 15 is 0 Å². The Morgan fingerprint density at radius 1 is 1.40 bits per heavy atom. The third-order valence-electron chi connectivity index (χ3n) is 2.89. The first-order chi connectivity index (χ1) is 9.53. The number of thiophene rings is 1. The number of hydrogen-bond acceptors (Lipinski definition) is 5. The molecule has 2 aromatic heterocycles. The van der Waals surface area contributed by atoms with Crippen molar-refractivity contribution in [2.45, 2.75) is 30.1 Å². The third-order valence-corrected chi connectivity index (χ3v) is 6.07. The molecular formula is C13H17NO4S2. The molecule has 0 saturated carbocycles. The quantitative estimate of drug-likeness (QED) is 0.821. The average Bonchev–Trinajstić information content (AvgIpc) is 3.10. The number of aliphatic hydroxyl groups is 1. The monoisotopic (exact) mass is 315 g/mol. The topological polar surface area (TPSA) is 79.5 Å². The lowest BCUT2D eigenvalue weighted by atomic mass is 10.1. The van der Waals surface area contributed by atoms with Gasteiger partial charge in [0.15, 0.2) is 0 Å². The summed E-state index contributed by atoms with van der Waals surface area (Å²) in [6.07, 6.45) is 3.31. The van der Waals surface area contributed by atoms with Crippen molar-refractivity contribution >= 4 is 21.4 Å². The van der Waals surface area contributed by atoms with Crippen molar-refractivity contribution in [3.63, 3.8) is 0 Å². The molecule has 0 saturated heterocycles. The fraction of sp³-hybridized carbons (Fsp3) is 0.385. The van der Waals surface area contributed by atoms with Gasteiger partial charge in [-0.05, 0) is 31.0 Å². The third kappa shape index (κ3) is 3.69. The zero-order chi connectivity index (χ0) is 14.6. The van der Waals surface area contributed by atoms with Crippen LogP contribution in [-0.2, 0) is 16.4 Å². The maximum Gasteiger partial charge on any atom is 0.250 e. The maximum atomic E-state index is 12.0. The van der Waals surface area contributed by atoms with Crippen molar-refractivity contribution in [2.75, 3.05) is 6.54 Å². The Balaban J connectivity index is 1.89. The lowest BCUT2D eigenvalue weighted by Gasteiger charge is -2.09. The van der Waals surface area contributed by atoms with Crippen molar-refractivity contribution in [1.82, 2.24) is 4.72 Å². The minimum Gasteiger partial charge on any atom is -0.472 e. The zero-order valence-corrected chi connectivity index (χ0v) is 12.7. The fourth-order valence-electron chi connectivity index (χ4n) is 1.73. The van der Waals surface area contributed by atoms with Gasteiger partial charge in [-0.1, -0.05) is 6.92 Å². The number of aliphatic hydroxyl groups excluding tert-OH is 1. The summed E-state index contributed by atoms with van der Waals surface area (Å²) in [4.78, 5) is 1.03. The van der Waals surface area contributed by atoms with Crippen LogP contribution in [0.5, 0.6) is 0 Å². The Kier molecular flexibility index (Phi) is 4.98. The van der Waals surface area contributed by atoms with Gasteiger partial charge in [-0.3, -0.25) is 0 Å². The van der Waals surface area contributed by atoms with Crippen LogP contribution in [0.3, 0.4) is 0 Å². The second-order valence-corrected chi connectivity index (χ2v) is 7.50. The van der Waals surface area contributed by atoms with Crippen LogP contribution < -0.4 is 4.72 Å². The summed E-state index contributed by atoms with van der Waals surface area (Å²) >= 11 is 1.27. The minimum absolute atomic E-state index is 0.175. The van der Waals surface area contributed by atoms with E-state index in [9.17, 15) is 13.5 Å². The molecule has 0 radical (unpaired) electrons. The molecule has 0 fully saturated rings. The number of furan rings is 1. The normalized spacial score (nSPS) is 13.5. The first-order valence-corrected chi connectivity index (χ1v) is 8.61. The Hall–Kier alpha value is -1.15. The van der Waals surface area contributed by atoms with E-state index in [-0.39, 0.29) is 6.54 Å². The molecule has 0 unspecified atom stereocenters. The van der Waals surface area contributed by atoms with Crippen LogP contribution in [0.25, 0.3) is 0 Å². The van der Waals surface area contributed by atoms with Crippen molar-refractivity contribution < 1.29 is 17.9 Å². The number of sulfonamides is 1. The lowest BCUT2D eigenvalue weighted by molar-refractivity contribution is 0.168. The summed E-state index contributed by atoms with van der Waals surface area (Å²) in [5.41, 5.74) is 0.647. The molecule has 2 rings (SSSR count).